The zero-order valence-electron chi connectivity index (χ0n) is 15.4. The Morgan fingerprint density at radius 3 is 2.48 bits per heavy atom. The summed E-state index contributed by atoms with van der Waals surface area (Å²) in [5.41, 5.74) is 3.83. The van der Waals surface area contributed by atoms with E-state index in [2.05, 4.69) is 10.4 Å². The smallest absolute Gasteiger partial charge is 0.251 e. The zero-order valence-corrected chi connectivity index (χ0v) is 15.4. The van der Waals surface area contributed by atoms with Crippen molar-refractivity contribution >= 4 is 11.8 Å². The molecule has 2 amide bonds. The fourth-order valence-electron chi connectivity index (χ4n) is 2.58. The summed E-state index contributed by atoms with van der Waals surface area (Å²) in [4.78, 5) is 25.9. The second-order valence-corrected chi connectivity index (χ2v) is 6.19. The van der Waals surface area contributed by atoms with Crippen LogP contribution in [0.3, 0.4) is 0 Å². The largest absolute Gasteiger partial charge is 0.352 e. The van der Waals surface area contributed by atoms with Gasteiger partial charge in [0.05, 0.1) is 6.20 Å². The number of benzene rings is 1. The first-order valence-electron chi connectivity index (χ1n) is 8.52. The van der Waals surface area contributed by atoms with E-state index in [1.807, 2.05) is 43.8 Å². The lowest BCUT2D eigenvalue weighted by molar-refractivity contribution is -0.130. The van der Waals surface area contributed by atoms with Gasteiger partial charge in [0.2, 0.25) is 5.91 Å². The van der Waals surface area contributed by atoms with Crippen molar-refractivity contribution in [3.63, 3.8) is 0 Å². The van der Waals surface area contributed by atoms with E-state index in [0.29, 0.717) is 18.7 Å². The van der Waals surface area contributed by atoms with Gasteiger partial charge in [-0.05, 0) is 32.9 Å². The molecule has 1 N–H and O–H groups in total. The number of rotatable bonds is 7. The third kappa shape index (κ3) is 4.92. The van der Waals surface area contributed by atoms with Gasteiger partial charge in [0.15, 0.2) is 0 Å². The first-order chi connectivity index (χ1) is 11.9. The maximum atomic E-state index is 12.2. The molecule has 0 radical (unpaired) electrons. The Morgan fingerprint density at radius 1 is 1.20 bits per heavy atom. The number of aromatic nitrogens is 2. The Hall–Kier alpha value is -2.63. The van der Waals surface area contributed by atoms with Gasteiger partial charge < -0.3 is 10.2 Å². The molecule has 0 atom stereocenters. The predicted molar refractivity (Wildman–Crippen MR) is 97.2 cm³/mol. The van der Waals surface area contributed by atoms with Crippen molar-refractivity contribution in [2.75, 3.05) is 13.6 Å². The standard InChI is InChI=1S/C19H26N4O2/c1-5-23-15(3)17(12-21-23)13-22(4)18(24)10-11-20-19(25)16-8-6-14(2)7-9-16/h6-9,12H,5,10-11,13H2,1-4H3,(H,20,25). The van der Waals surface area contributed by atoms with Crippen LogP contribution in [0, 0.1) is 13.8 Å². The van der Waals surface area contributed by atoms with Gasteiger partial charge in [-0.15, -0.1) is 0 Å². The lowest BCUT2D eigenvalue weighted by Gasteiger charge is -2.17. The molecule has 1 aromatic carbocycles. The molecule has 6 nitrogen and oxygen atoms in total. The second-order valence-electron chi connectivity index (χ2n) is 6.19. The first kappa shape index (κ1) is 18.7. The van der Waals surface area contributed by atoms with Crippen LogP contribution in [0.15, 0.2) is 30.5 Å². The monoisotopic (exact) mass is 342 g/mol. The number of hydrogen-bond donors (Lipinski definition) is 1. The predicted octanol–water partition coefficient (Wildman–Crippen LogP) is 2.30. The minimum absolute atomic E-state index is 0.00662. The van der Waals surface area contributed by atoms with Crippen LogP contribution in [0.4, 0.5) is 0 Å². The number of amides is 2. The summed E-state index contributed by atoms with van der Waals surface area (Å²) in [7, 11) is 1.77. The first-order valence-corrected chi connectivity index (χ1v) is 8.52. The topological polar surface area (TPSA) is 67.2 Å². The molecule has 0 spiro atoms. The van der Waals surface area contributed by atoms with E-state index in [4.69, 9.17) is 0 Å². The summed E-state index contributed by atoms with van der Waals surface area (Å²) in [6, 6.07) is 7.36. The van der Waals surface area contributed by atoms with Crippen molar-refractivity contribution in [3.05, 3.63) is 52.8 Å². The highest BCUT2D eigenvalue weighted by atomic mass is 16.2. The average Bonchev–Trinajstić information content (AvgIpc) is 2.95. The van der Waals surface area contributed by atoms with E-state index >= 15 is 0 Å². The van der Waals surface area contributed by atoms with Crippen LogP contribution >= 0.6 is 0 Å². The lowest BCUT2D eigenvalue weighted by Crippen LogP contribution is -2.32. The molecule has 2 aromatic rings. The minimum atomic E-state index is -0.157. The molecule has 0 aliphatic heterocycles. The number of nitrogens with zero attached hydrogens (tertiary/aromatic N) is 3. The van der Waals surface area contributed by atoms with Gasteiger partial charge in [0, 0.05) is 49.9 Å². The Balaban J connectivity index is 1.80. The quantitative estimate of drug-likeness (QED) is 0.839. The van der Waals surface area contributed by atoms with Crippen LogP contribution in [-0.4, -0.2) is 40.1 Å². The van der Waals surface area contributed by atoms with Crippen LogP contribution in [0.2, 0.25) is 0 Å². The molecule has 6 heteroatoms. The number of aryl methyl sites for hydroxylation is 2. The summed E-state index contributed by atoms with van der Waals surface area (Å²) in [6.07, 6.45) is 2.08. The average molecular weight is 342 g/mol. The van der Waals surface area contributed by atoms with E-state index in [0.717, 1.165) is 23.4 Å². The van der Waals surface area contributed by atoms with Crippen LogP contribution in [0.1, 0.15) is 40.5 Å². The summed E-state index contributed by atoms with van der Waals surface area (Å²) >= 11 is 0. The molecule has 1 aromatic heterocycles. The molecule has 0 saturated heterocycles. The van der Waals surface area contributed by atoms with E-state index in [-0.39, 0.29) is 18.2 Å². The minimum Gasteiger partial charge on any atom is -0.352 e. The van der Waals surface area contributed by atoms with Crippen molar-refractivity contribution in [3.8, 4) is 0 Å². The number of nitrogens with one attached hydrogen (secondary N) is 1. The molecule has 0 saturated carbocycles. The highest BCUT2D eigenvalue weighted by molar-refractivity contribution is 5.94. The van der Waals surface area contributed by atoms with E-state index < -0.39 is 0 Å². The molecule has 25 heavy (non-hydrogen) atoms. The fraction of sp³-hybridized carbons (Fsp3) is 0.421. The molecular formula is C19H26N4O2. The number of carbonyl (C=O) groups is 2. The van der Waals surface area contributed by atoms with Crippen LogP contribution in [0.25, 0.3) is 0 Å². The molecule has 2 rings (SSSR count). The molecular weight excluding hydrogens is 316 g/mol. The molecule has 0 aliphatic carbocycles. The Bertz CT molecular complexity index is 734. The maximum absolute atomic E-state index is 12.2. The van der Waals surface area contributed by atoms with E-state index in [1.54, 1.807) is 24.1 Å². The van der Waals surface area contributed by atoms with Crippen LogP contribution < -0.4 is 5.32 Å². The third-order valence-corrected chi connectivity index (χ3v) is 4.28. The van der Waals surface area contributed by atoms with Gasteiger partial charge in [-0.2, -0.15) is 5.10 Å². The Labute approximate surface area is 148 Å². The van der Waals surface area contributed by atoms with Crippen molar-refractivity contribution in [2.24, 2.45) is 0 Å². The SMILES string of the molecule is CCn1ncc(CN(C)C(=O)CCNC(=O)c2ccc(C)cc2)c1C. The zero-order chi connectivity index (χ0) is 18.4. The number of carbonyl (C=O) groups excluding carboxylic acids is 2. The third-order valence-electron chi connectivity index (χ3n) is 4.28. The molecule has 0 aliphatic rings. The molecule has 0 bridgehead atoms. The summed E-state index contributed by atoms with van der Waals surface area (Å²) < 4.78 is 1.91. The highest BCUT2D eigenvalue weighted by Crippen LogP contribution is 2.10. The van der Waals surface area contributed by atoms with Crippen molar-refractivity contribution < 1.29 is 9.59 Å². The fourth-order valence-corrected chi connectivity index (χ4v) is 2.58. The van der Waals surface area contributed by atoms with Gasteiger partial charge >= 0.3 is 0 Å². The Kier molecular flexibility index (Phi) is 6.33. The van der Waals surface area contributed by atoms with Gasteiger partial charge in [-0.25, -0.2) is 0 Å². The number of hydrogen-bond acceptors (Lipinski definition) is 3. The summed E-state index contributed by atoms with van der Waals surface area (Å²) in [5.74, 6) is -0.164. The molecule has 0 fully saturated rings. The second kappa shape index (κ2) is 8.46. The van der Waals surface area contributed by atoms with Gasteiger partial charge in [-0.1, -0.05) is 17.7 Å². The molecule has 134 valence electrons. The highest BCUT2D eigenvalue weighted by Gasteiger charge is 2.13. The van der Waals surface area contributed by atoms with Gasteiger partial charge in [0.1, 0.15) is 0 Å². The van der Waals surface area contributed by atoms with E-state index in [9.17, 15) is 9.59 Å². The van der Waals surface area contributed by atoms with Crippen LogP contribution in [0.5, 0.6) is 0 Å². The van der Waals surface area contributed by atoms with E-state index in [1.165, 1.54) is 0 Å². The van der Waals surface area contributed by atoms with Crippen LogP contribution in [-0.2, 0) is 17.9 Å². The lowest BCUT2D eigenvalue weighted by atomic mass is 10.1. The normalized spacial score (nSPS) is 10.6. The molecule has 0 unspecified atom stereocenters. The summed E-state index contributed by atoms with van der Waals surface area (Å²) in [5, 5.41) is 7.08. The Morgan fingerprint density at radius 2 is 1.88 bits per heavy atom. The molecule has 1 heterocycles. The maximum Gasteiger partial charge on any atom is 0.251 e. The van der Waals surface area contributed by atoms with Crippen molar-refractivity contribution in [1.82, 2.24) is 20.0 Å². The summed E-state index contributed by atoms with van der Waals surface area (Å²) in [6.45, 7) is 7.68. The van der Waals surface area contributed by atoms with Gasteiger partial charge in [-0.3, -0.25) is 14.3 Å². The van der Waals surface area contributed by atoms with Crippen molar-refractivity contribution in [1.29, 1.82) is 0 Å². The van der Waals surface area contributed by atoms with Crippen molar-refractivity contribution in [2.45, 2.75) is 40.3 Å². The van der Waals surface area contributed by atoms with Gasteiger partial charge in [0.25, 0.3) is 5.91 Å².